The average molecular weight is 440 g/mol. The van der Waals surface area contributed by atoms with Crippen LogP contribution in [0.2, 0.25) is 5.02 Å². The zero-order valence-electron chi connectivity index (χ0n) is 16.7. The van der Waals surface area contributed by atoms with Crippen LogP contribution in [0.4, 0.5) is 13.2 Å². The molecule has 1 N–H and O–H groups in total. The summed E-state index contributed by atoms with van der Waals surface area (Å²) in [6.07, 6.45) is -2.09. The lowest BCUT2D eigenvalue weighted by Crippen LogP contribution is -2.14. The van der Waals surface area contributed by atoms with E-state index in [1.807, 2.05) is 6.92 Å². The van der Waals surface area contributed by atoms with Gasteiger partial charge in [-0.3, -0.25) is 4.79 Å². The van der Waals surface area contributed by atoms with E-state index < -0.39 is 17.8 Å². The van der Waals surface area contributed by atoms with E-state index in [0.717, 1.165) is 30.7 Å². The Morgan fingerprint density at radius 2 is 2.00 bits per heavy atom. The number of alkyl halides is 3. The molecule has 0 aliphatic heterocycles. The van der Waals surface area contributed by atoms with Crippen LogP contribution in [0, 0.1) is 6.92 Å². The molecule has 0 aliphatic carbocycles. The molecule has 0 saturated heterocycles. The Hall–Kier alpha value is -2.68. The SMILES string of the molecule is CCCCc1c(-c2cc(=O)[nH]c(C)n2)nnn1[C@H](C)c1ccc(C(F)(F)F)cc1Cl. The van der Waals surface area contributed by atoms with Gasteiger partial charge in [-0.15, -0.1) is 5.10 Å². The quantitative estimate of drug-likeness (QED) is 0.589. The number of H-pyrrole nitrogens is 1. The van der Waals surface area contributed by atoms with Crippen LogP contribution in [-0.2, 0) is 12.6 Å². The Morgan fingerprint density at radius 1 is 1.27 bits per heavy atom. The Bertz CT molecular complexity index is 1110. The third-order valence-corrected chi connectivity index (χ3v) is 5.13. The molecular formula is C20H21ClF3N5O. The average Bonchev–Trinajstić information content (AvgIpc) is 3.08. The number of aromatic nitrogens is 5. The minimum atomic E-state index is -4.47. The van der Waals surface area contributed by atoms with Gasteiger partial charge in [0.05, 0.1) is 17.3 Å². The zero-order valence-corrected chi connectivity index (χ0v) is 17.5. The number of nitrogens with one attached hydrogen (secondary N) is 1. The molecule has 0 bridgehead atoms. The molecule has 0 saturated carbocycles. The highest BCUT2D eigenvalue weighted by Gasteiger charge is 2.31. The van der Waals surface area contributed by atoms with E-state index in [9.17, 15) is 18.0 Å². The molecule has 10 heteroatoms. The first-order valence-electron chi connectivity index (χ1n) is 9.50. The molecule has 1 atom stereocenters. The van der Waals surface area contributed by atoms with Gasteiger partial charge in [0.1, 0.15) is 17.2 Å². The van der Waals surface area contributed by atoms with Gasteiger partial charge in [-0.2, -0.15) is 13.2 Å². The van der Waals surface area contributed by atoms with E-state index in [0.29, 0.717) is 29.2 Å². The molecule has 0 radical (unpaired) electrons. The van der Waals surface area contributed by atoms with Crippen molar-refractivity contribution in [1.82, 2.24) is 25.0 Å². The predicted molar refractivity (Wildman–Crippen MR) is 107 cm³/mol. The summed E-state index contributed by atoms with van der Waals surface area (Å²) in [6, 6.07) is 4.17. The number of unbranched alkanes of at least 4 members (excludes halogenated alkanes) is 1. The third-order valence-electron chi connectivity index (χ3n) is 4.81. The maximum Gasteiger partial charge on any atom is 0.416 e. The number of hydrogen-bond donors (Lipinski definition) is 1. The van der Waals surface area contributed by atoms with Gasteiger partial charge in [0.15, 0.2) is 0 Å². The van der Waals surface area contributed by atoms with E-state index in [4.69, 9.17) is 11.6 Å². The predicted octanol–water partition coefficient (Wildman–Crippen LogP) is 4.96. The molecule has 0 aliphatic rings. The Morgan fingerprint density at radius 3 is 2.60 bits per heavy atom. The standard InChI is InChI=1S/C20H21ClF3N5O/c1-4-5-6-17-19(16-10-18(30)26-12(3)25-16)27-28-29(17)11(2)14-8-7-13(9-15(14)21)20(22,23)24/h7-11H,4-6H2,1-3H3,(H,25,26,30)/t11-/m1/s1. The molecule has 160 valence electrons. The first-order valence-corrected chi connectivity index (χ1v) is 9.88. The fourth-order valence-electron chi connectivity index (χ4n) is 3.28. The van der Waals surface area contributed by atoms with E-state index in [2.05, 4.69) is 20.3 Å². The van der Waals surface area contributed by atoms with Gasteiger partial charge in [0.25, 0.3) is 5.56 Å². The van der Waals surface area contributed by atoms with Crippen molar-refractivity contribution in [2.75, 3.05) is 0 Å². The smallest absolute Gasteiger partial charge is 0.311 e. The summed E-state index contributed by atoms with van der Waals surface area (Å²) in [4.78, 5) is 18.8. The lowest BCUT2D eigenvalue weighted by molar-refractivity contribution is -0.137. The summed E-state index contributed by atoms with van der Waals surface area (Å²) >= 11 is 6.18. The highest BCUT2D eigenvalue weighted by Crippen LogP contribution is 2.35. The van der Waals surface area contributed by atoms with E-state index in [-0.39, 0.29) is 10.6 Å². The highest BCUT2D eigenvalue weighted by molar-refractivity contribution is 6.31. The van der Waals surface area contributed by atoms with Gasteiger partial charge in [-0.05, 0) is 44.4 Å². The zero-order chi connectivity index (χ0) is 22.1. The number of rotatable bonds is 6. The van der Waals surface area contributed by atoms with Crippen LogP contribution in [0.1, 0.15) is 55.4 Å². The Balaban J connectivity index is 2.07. The van der Waals surface area contributed by atoms with Crippen molar-refractivity contribution in [3.8, 4) is 11.4 Å². The minimum absolute atomic E-state index is 0.000872. The fourth-order valence-corrected chi connectivity index (χ4v) is 3.61. The summed E-state index contributed by atoms with van der Waals surface area (Å²) in [5.41, 5.74) is 1.02. The molecule has 0 fully saturated rings. The molecule has 0 amide bonds. The van der Waals surface area contributed by atoms with Crippen molar-refractivity contribution in [2.24, 2.45) is 0 Å². The number of benzene rings is 1. The third kappa shape index (κ3) is 4.56. The summed E-state index contributed by atoms with van der Waals surface area (Å²) in [6.45, 7) is 5.50. The van der Waals surface area contributed by atoms with Crippen molar-refractivity contribution in [3.05, 3.63) is 62.3 Å². The number of aromatic amines is 1. The molecule has 6 nitrogen and oxygen atoms in total. The minimum Gasteiger partial charge on any atom is -0.311 e. The van der Waals surface area contributed by atoms with Gasteiger partial charge in [-0.1, -0.05) is 36.2 Å². The number of nitrogens with zero attached hydrogens (tertiary/aromatic N) is 4. The van der Waals surface area contributed by atoms with E-state index in [1.54, 1.807) is 18.5 Å². The second-order valence-corrected chi connectivity index (χ2v) is 7.47. The summed E-state index contributed by atoms with van der Waals surface area (Å²) < 4.78 is 40.5. The molecular weight excluding hydrogens is 419 g/mol. The maximum atomic E-state index is 13.0. The summed E-state index contributed by atoms with van der Waals surface area (Å²) in [5, 5.41) is 8.46. The van der Waals surface area contributed by atoms with E-state index >= 15 is 0 Å². The lowest BCUT2D eigenvalue weighted by Gasteiger charge is -2.18. The first-order chi connectivity index (χ1) is 14.1. The summed E-state index contributed by atoms with van der Waals surface area (Å²) in [5.74, 6) is 0.451. The first kappa shape index (κ1) is 22.0. The van der Waals surface area contributed by atoms with Gasteiger partial charge in [0, 0.05) is 11.1 Å². The van der Waals surface area contributed by atoms with Crippen molar-refractivity contribution in [3.63, 3.8) is 0 Å². The molecule has 1 aromatic carbocycles. The molecule has 30 heavy (non-hydrogen) atoms. The van der Waals surface area contributed by atoms with Crippen molar-refractivity contribution < 1.29 is 13.2 Å². The lowest BCUT2D eigenvalue weighted by atomic mass is 10.0. The van der Waals surface area contributed by atoms with Crippen LogP contribution in [-0.4, -0.2) is 25.0 Å². The van der Waals surface area contributed by atoms with Crippen LogP contribution < -0.4 is 5.56 Å². The number of aryl methyl sites for hydroxylation is 1. The highest BCUT2D eigenvalue weighted by atomic mass is 35.5. The molecule has 0 unspecified atom stereocenters. The van der Waals surface area contributed by atoms with Gasteiger partial charge in [-0.25, -0.2) is 9.67 Å². The van der Waals surface area contributed by atoms with Crippen LogP contribution in [0.15, 0.2) is 29.1 Å². The van der Waals surface area contributed by atoms with Crippen molar-refractivity contribution in [2.45, 2.75) is 52.3 Å². The summed E-state index contributed by atoms with van der Waals surface area (Å²) in [7, 11) is 0. The van der Waals surface area contributed by atoms with Gasteiger partial charge < -0.3 is 4.98 Å². The van der Waals surface area contributed by atoms with Gasteiger partial charge in [0.2, 0.25) is 0 Å². The van der Waals surface area contributed by atoms with Crippen molar-refractivity contribution >= 4 is 11.6 Å². The molecule has 0 spiro atoms. The topological polar surface area (TPSA) is 76.5 Å². The van der Waals surface area contributed by atoms with Crippen LogP contribution >= 0.6 is 11.6 Å². The molecule has 3 rings (SSSR count). The number of hydrogen-bond acceptors (Lipinski definition) is 4. The van der Waals surface area contributed by atoms with E-state index in [1.165, 1.54) is 12.1 Å². The van der Waals surface area contributed by atoms with Gasteiger partial charge >= 0.3 is 6.18 Å². The monoisotopic (exact) mass is 439 g/mol. The molecule has 3 aromatic rings. The normalized spacial score (nSPS) is 12.9. The fraction of sp³-hybridized carbons (Fsp3) is 0.400. The van der Waals surface area contributed by atoms with Crippen LogP contribution in [0.3, 0.4) is 0 Å². The molecule has 2 heterocycles. The van der Waals surface area contributed by atoms with Crippen molar-refractivity contribution in [1.29, 1.82) is 0 Å². The second-order valence-electron chi connectivity index (χ2n) is 7.06. The maximum absolute atomic E-state index is 13.0. The van der Waals surface area contributed by atoms with Crippen LogP contribution in [0.25, 0.3) is 11.4 Å². The largest absolute Gasteiger partial charge is 0.416 e. The Kier molecular flexibility index (Phi) is 6.30. The van der Waals surface area contributed by atoms with Crippen LogP contribution in [0.5, 0.6) is 0 Å². The second kappa shape index (κ2) is 8.59. The Labute approximate surface area is 176 Å². The number of halogens is 4. The molecule has 2 aromatic heterocycles.